The van der Waals surface area contributed by atoms with Crippen LogP contribution in [-0.4, -0.2) is 33.0 Å². The molecule has 2 aromatic carbocycles. The van der Waals surface area contributed by atoms with Gasteiger partial charge in [-0.2, -0.15) is 0 Å². The number of aromatic hydroxyl groups is 3. The van der Waals surface area contributed by atoms with E-state index in [-0.39, 0.29) is 46.8 Å². The predicted octanol–water partition coefficient (Wildman–Crippen LogP) is 3.40. The van der Waals surface area contributed by atoms with Crippen LogP contribution >= 0.6 is 32.9 Å². The molecule has 0 aliphatic carbocycles. The van der Waals surface area contributed by atoms with Crippen LogP contribution in [0.15, 0.2) is 40.9 Å². The molecule has 0 heterocycles. The van der Waals surface area contributed by atoms with Gasteiger partial charge in [0.1, 0.15) is 17.2 Å². The van der Waals surface area contributed by atoms with E-state index in [1.165, 1.54) is 12.1 Å². The number of aliphatic hydroxyl groups excluding tert-OH is 1. The van der Waals surface area contributed by atoms with Crippen LogP contribution in [0.5, 0.6) is 17.2 Å². The molecule has 2 aromatic rings. The predicted molar refractivity (Wildman–Crippen MR) is 102 cm³/mol. The molecular formula is C17H21Br2NO4. The van der Waals surface area contributed by atoms with E-state index >= 15 is 0 Å². The second kappa shape index (κ2) is 9.27. The molecule has 0 radical (unpaired) electrons. The highest BCUT2D eigenvalue weighted by atomic mass is 79.9. The van der Waals surface area contributed by atoms with Crippen molar-refractivity contribution >= 4 is 32.9 Å². The van der Waals surface area contributed by atoms with Crippen LogP contribution in [0.25, 0.3) is 0 Å². The summed E-state index contributed by atoms with van der Waals surface area (Å²) in [6, 6.07) is 9.73. The summed E-state index contributed by atoms with van der Waals surface area (Å²) in [5, 5.41) is 41.9. The van der Waals surface area contributed by atoms with Gasteiger partial charge in [-0.15, -0.1) is 17.0 Å². The van der Waals surface area contributed by atoms with Crippen molar-refractivity contribution in [1.82, 2.24) is 5.32 Å². The quantitative estimate of drug-likeness (QED) is 0.453. The van der Waals surface area contributed by atoms with Crippen molar-refractivity contribution in [3.05, 3.63) is 52.0 Å². The molecule has 0 bridgehead atoms. The summed E-state index contributed by atoms with van der Waals surface area (Å²) in [5.41, 5.74) is 1.50. The highest BCUT2D eigenvalue weighted by Crippen LogP contribution is 2.35. The summed E-state index contributed by atoms with van der Waals surface area (Å²) in [6.45, 7) is 2.27. The molecule has 2 unspecified atom stereocenters. The Hall–Kier alpha value is -1.28. The first-order chi connectivity index (χ1) is 10.9. The minimum absolute atomic E-state index is 0. The molecular weight excluding hydrogens is 442 g/mol. The largest absolute Gasteiger partial charge is 0.508 e. The second-order valence-electron chi connectivity index (χ2n) is 5.56. The minimum Gasteiger partial charge on any atom is -0.508 e. The fourth-order valence-electron chi connectivity index (χ4n) is 2.34. The minimum atomic E-state index is -0.871. The standard InChI is InChI=1S/C17H20BrNO4.BrH/c1-10(6-11-2-4-12(20)5-3-11)19-9-16(23)14-7-13(21)8-15(22)17(14)18;/h2-5,7-8,10,16,19-23H,6,9H2,1H3;1H. The number of nitrogens with one attached hydrogen (secondary N) is 1. The van der Waals surface area contributed by atoms with E-state index in [9.17, 15) is 20.4 Å². The summed E-state index contributed by atoms with van der Waals surface area (Å²) >= 11 is 3.21. The Bertz CT molecular complexity index is 664. The van der Waals surface area contributed by atoms with Gasteiger partial charge in [0, 0.05) is 24.2 Å². The van der Waals surface area contributed by atoms with Crippen molar-refractivity contribution in [3.8, 4) is 17.2 Å². The number of halogens is 2. The molecule has 2 atom stereocenters. The third-order valence-corrected chi connectivity index (χ3v) is 4.43. The lowest BCUT2D eigenvalue weighted by molar-refractivity contribution is 0.169. The second-order valence-corrected chi connectivity index (χ2v) is 6.36. The Balaban J connectivity index is 0.00000288. The van der Waals surface area contributed by atoms with Gasteiger partial charge in [0.05, 0.1) is 10.6 Å². The number of hydrogen-bond acceptors (Lipinski definition) is 5. The van der Waals surface area contributed by atoms with Gasteiger partial charge in [0.2, 0.25) is 0 Å². The van der Waals surface area contributed by atoms with Crippen LogP contribution in [0.4, 0.5) is 0 Å². The van der Waals surface area contributed by atoms with Gasteiger partial charge in [-0.05, 0) is 53.0 Å². The monoisotopic (exact) mass is 461 g/mol. The lowest BCUT2D eigenvalue weighted by atomic mass is 10.1. The zero-order chi connectivity index (χ0) is 17.0. The first-order valence-corrected chi connectivity index (χ1v) is 8.07. The van der Waals surface area contributed by atoms with Gasteiger partial charge in [-0.25, -0.2) is 0 Å². The van der Waals surface area contributed by atoms with Gasteiger partial charge in [-0.1, -0.05) is 12.1 Å². The van der Waals surface area contributed by atoms with Crippen LogP contribution in [-0.2, 0) is 6.42 Å². The van der Waals surface area contributed by atoms with Gasteiger partial charge in [0.25, 0.3) is 0 Å². The van der Waals surface area contributed by atoms with E-state index in [1.807, 2.05) is 19.1 Å². The molecule has 132 valence electrons. The topological polar surface area (TPSA) is 93.0 Å². The first-order valence-electron chi connectivity index (χ1n) is 7.27. The highest BCUT2D eigenvalue weighted by molar-refractivity contribution is 9.10. The molecule has 0 amide bonds. The fourth-order valence-corrected chi connectivity index (χ4v) is 2.83. The molecule has 0 saturated heterocycles. The van der Waals surface area contributed by atoms with Gasteiger partial charge in [-0.3, -0.25) is 0 Å². The van der Waals surface area contributed by atoms with Crippen molar-refractivity contribution in [2.45, 2.75) is 25.5 Å². The maximum absolute atomic E-state index is 10.3. The summed E-state index contributed by atoms with van der Waals surface area (Å²) < 4.78 is 0.371. The summed E-state index contributed by atoms with van der Waals surface area (Å²) in [6.07, 6.45) is -0.121. The number of hydrogen-bond donors (Lipinski definition) is 5. The van der Waals surface area contributed by atoms with Crippen LogP contribution in [0, 0.1) is 0 Å². The fraction of sp³-hybridized carbons (Fsp3) is 0.294. The molecule has 7 heteroatoms. The molecule has 24 heavy (non-hydrogen) atoms. The molecule has 0 aliphatic rings. The Labute approximate surface area is 159 Å². The smallest absolute Gasteiger partial charge is 0.133 e. The SMILES string of the molecule is Br.CC(Cc1ccc(O)cc1)NCC(O)c1cc(O)cc(O)c1Br. The Morgan fingerprint density at radius 2 is 1.67 bits per heavy atom. The van der Waals surface area contributed by atoms with Crippen molar-refractivity contribution in [1.29, 1.82) is 0 Å². The van der Waals surface area contributed by atoms with Gasteiger partial charge >= 0.3 is 0 Å². The number of phenolic OH excluding ortho intramolecular Hbond substituents is 3. The molecule has 0 aliphatic heterocycles. The van der Waals surface area contributed by atoms with Crippen LogP contribution < -0.4 is 5.32 Å². The Morgan fingerprint density at radius 3 is 2.29 bits per heavy atom. The normalized spacial score (nSPS) is 13.1. The number of benzene rings is 2. The highest BCUT2D eigenvalue weighted by Gasteiger charge is 2.16. The van der Waals surface area contributed by atoms with E-state index in [1.54, 1.807) is 12.1 Å². The summed E-state index contributed by atoms with van der Waals surface area (Å²) in [5.74, 6) is 0.0198. The molecule has 0 saturated carbocycles. The zero-order valence-corrected chi connectivity index (χ0v) is 16.4. The lowest BCUT2D eigenvalue weighted by Crippen LogP contribution is -2.32. The number of rotatable bonds is 6. The molecule has 5 N–H and O–H groups in total. The number of aliphatic hydroxyl groups is 1. The van der Waals surface area contributed by atoms with Crippen molar-refractivity contribution < 1.29 is 20.4 Å². The lowest BCUT2D eigenvalue weighted by Gasteiger charge is -2.19. The molecule has 2 rings (SSSR count). The maximum Gasteiger partial charge on any atom is 0.133 e. The third-order valence-electron chi connectivity index (χ3n) is 3.56. The molecule has 0 aromatic heterocycles. The van der Waals surface area contributed by atoms with Crippen LogP contribution in [0.2, 0.25) is 0 Å². The van der Waals surface area contributed by atoms with Crippen molar-refractivity contribution in [3.63, 3.8) is 0 Å². The first kappa shape index (κ1) is 20.8. The van der Waals surface area contributed by atoms with Gasteiger partial charge in [0.15, 0.2) is 0 Å². The number of phenols is 3. The van der Waals surface area contributed by atoms with E-state index in [0.29, 0.717) is 10.0 Å². The third kappa shape index (κ3) is 5.66. The average Bonchev–Trinajstić information content (AvgIpc) is 2.50. The van der Waals surface area contributed by atoms with Crippen LogP contribution in [0.3, 0.4) is 0 Å². The molecule has 0 fully saturated rings. The zero-order valence-electron chi connectivity index (χ0n) is 13.1. The Kier molecular flexibility index (Phi) is 8.02. The average molecular weight is 463 g/mol. The molecule has 0 spiro atoms. The maximum atomic E-state index is 10.3. The van der Waals surface area contributed by atoms with Crippen LogP contribution in [0.1, 0.15) is 24.2 Å². The summed E-state index contributed by atoms with van der Waals surface area (Å²) in [4.78, 5) is 0. The van der Waals surface area contributed by atoms with E-state index in [4.69, 9.17) is 0 Å². The van der Waals surface area contributed by atoms with E-state index in [2.05, 4.69) is 21.2 Å². The van der Waals surface area contributed by atoms with E-state index < -0.39 is 6.10 Å². The van der Waals surface area contributed by atoms with E-state index in [0.717, 1.165) is 12.0 Å². The van der Waals surface area contributed by atoms with Crippen molar-refractivity contribution in [2.75, 3.05) is 6.54 Å². The molecule has 5 nitrogen and oxygen atoms in total. The van der Waals surface area contributed by atoms with Gasteiger partial charge < -0.3 is 25.7 Å². The van der Waals surface area contributed by atoms with Crippen molar-refractivity contribution in [2.24, 2.45) is 0 Å². The Morgan fingerprint density at radius 1 is 1.04 bits per heavy atom. The summed E-state index contributed by atoms with van der Waals surface area (Å²) in [7, 11) is 0.